The second-order valence-electron chi connectivity index (χ2n) is 1.07. The summed E-state index contributed by atoms with van der Waals surface area (Å²) in [7, 11) is 0. The van der Waals surface area contributed by atoms with Gasteiger partial charge in [-0.1, -0.05) is 22.5 Å². The monoisotopic (exact) mass is 189 g/mol. The van der Waals surface area contributed by atoms with Crippen molar-refractivity contribution in [2.45, 2.75) is 6.92 Å². The van der Waals surface area contributed by atoms with Crippen LogP contribution in [0.3, 0.4) is 0 Å². The van der Waals surface area contributed by atoms with Crippen molar-refractivity contribution in [1.29, 1.82) is 0 Å². The van der Waals surface area contributed by atoms with Gasteiger partial charge in [0.1, 0.15) is 0 Å². The molecule has 0 aliphatic heterocycles. The van der Waals surface area contributed by atoms with E-state index in [2.05, 4.69) is 9.82 Å². The van der Waals surface area contributed by atoms with E-state index in [1.807, 2.05) is 0 Å². The predicted octanol–water partition coefficient (Wildman–Crippen LogP) is 2.44. The predicted molar refractivity (Wildman–Crippen MR) is 38.8 cm³/mol. The summed E-state index contributed by atoms with van der Waals surface area (Å²) in [6.45, 7) is 0.589. The van der Waals surface area contributed by atoms with Crippen LogP contribution in [0, 0.1) is 0 Å². The Morgan fingerprint density at radius 1 is 1.78 bits per heavy atom. The molecule has 0 atom stereocenters. The van der Waals surface area contributed by atoms with Crippen LogP contribution in [0.5, 0.6) is 0 Å². The molecule has 0 aliphatic carbocycles. The number of ether oxygens (including phenoxy) is 1. The molecule has 54 valence electrons. The van der Waals surface area contributed by atoms with Crippen LogP contribution >= 0.6 is 29.3 Å². The lowest BCUT2D eigenvalue weighted by molar-refractivity contribution is 0.159. The first kappa shape index (κ1) is 9.28. The molecule has 0 unspecified atom stereocenters. The molecule has 0 rings (SSSR count). The first-order valence-electron chi connectivity index (χ1n) is 2.22. The van der Waals surface area contributed by atoms with Crippen LogP contribution in [0.2, 0.25) is 0 Å². The Bertz CT molecular complexity index is 99.8. The van der Waals surface area contributed by atoms with Gasteiger partial charge >= 0.3 is 6.09 Å². The highest BCUT2D eigenvalue weighted by molar-refractivity contribution is 8.02. The summed E-state index contributed by atoms with van der Waals surface area (Å²) >= 11 is 10.5. The maximum Gasteiger partial charge on any atom is 0.412 e. The van der Waals surface area contributed by atoms with Gasteiger partial charge in [-0.2, -0.15) is 0 Å². The molecule has 0 heterocycles. The van der Waals surface area contributed by atoms with Gasteiger partial charge in [-0.25, -0.2) is 4.79 Å². The fraction of sp³-hybridized carbons (Fsp3) is 0.667. The highest BCUT2D eigenvalue weighted by Gasteiger charge is 2.04. The molecular formula is C3H6Cl2NO2P. The Balaban J connectivity index is 3.27. The molecule has 0 aromatic carbocycles. The number of carbonyl (C=O) groups is 1. The zero-order chi connectivity index (χ0) is 7.28. The van der Waals surface area contributed by atoms with E-state index in [-0.39, 0.29) is 0 Å². The SMILES string of the molecule is CCOC(=O)NP(Cl)Cl. The number of halogens is 2. The van der Waals surface area contributed by atoms with E-state index in [9.17, 15) is 4.79 Å². The van der Waals surface area contributed by atoms with Gasteiger partial charge in [0.05, 0.1) is 6.61 Å². The van der Waals surface area contributed by atoms with E-state index in [0.717, 1.165) is 0 Å². The van der Waals surface area contributed by atoms with Crippen LogP contribution in [0.4, 0.5) is 4.79 Å². The van der Waals surface area contributed by atoms with Crippen LogP contribution in [0.1, 0.15) is 6.92 Å². The van der Waals surface area contributed by atoms with Crippen LogP contribution in [-0.2, 0) is 4.74 Å². The molecule has 0 saturated heterocycles. The van der Waals surface area contributed by atoms with E-state index < -0.39 is 12.9 Å². The quantitative estimate of drug-likeness (QED) is 0.679. The minimum Gasteiger partial charge on any atom is -0.450 e. The third-order valence-corrected chi connectivity index (χ3v) is 1.31. The van der Waals surface area contributed by atoms with Gasteiger partial charge in [-0.15, -0.1) is 0 Å². The Labute approximate surface area is 64.0 Å². The molecule has 0 spiro atoms. The number of hydrogen-bond acceptors (Lipinski definition) is 2. The summed E-state index contributed by atoms with van der Waals surface area (Å²) in [5, 5.41) is 2.18. The Hall–Kier alpha value is 0.280. The van der Waals surface area contributed by atoms with E-state index in [0.29, 0.717) is 6.61 Å². The summed E-state index contributed by atoms with van der Waals surface area (Å²) in [5.41, 5.74) is 0. The van der Waals surface area contributed by atoms with Gasteiger partial charge in [-0.3, -0.25) is 5.09 Å². The minimum atomic E-state index is -1.43. The summed E-state index contributed by atoms with van der Waals surface area (Å²) in [6.07, 6.45) is -0.575. The van der Waals surface area contributed by atoms with Gasteiger partial charge in [0, 0.05) is 0 Å². The number of hydrogen-bond donors (Lipinski definition) is 1. The van der Waals surface area contributed by atoms with Crippen molar-refractivity contribution in [3.8, 4) is 0 Å². The molecule has 0 aromatic rings. The van der Waals surface area contributed by atoms with Crippen molar-refractivity contribution in [2.75, 3.05) is 6.61 Å². The van der Waals surface area contributed by atoms with Gasteiger partial charge in [0.25, 0.3) is 0 Å². The average molecular weight is 190 g/mol. The highest BCUT2D eigenvalue weighted by atomic mass is 35.9. The standard InChI is InChI=1S/C3H6Cl2NO2P/c1-2-8-3(7)6-9(4)5/h2H2,1H3,(H,6,7). The van der Waals surface area contributed by atoms with E-state index >= 15 is 0 Å². The lowest BCUT2D eigenvalue weighted by Crippen LogP contribution is -2.15. The maximum atomic E-state index is 10.4. The number of amides is 1. The van der Waals surface area contributed by atoms with Crippen molar-refractivity contribution < 1.29 is 9.53 Å². The molecule has 1 amide bonds. The van der Waals surface area contributed by atoms with E-state index in [4.69, 9.17) is 22.5 Å². The summed E-state index contributed by atoms with van der Waals surface area (Å²) < 4.78 is 4.45. The van der Waals surface area contributed by atoms with Gasteiger partial charge in [0.2, 0.25) is 0 Å². The number of rotatable bonds is 2. The lowest BCUT2D eigenvalue weighted by Gasteiger charge is -2.02. The third-order valence-electron chi connectivity index (χ3n) is 0.451. The van der Waals surface area contributed by atoms with Crippen LogP contribution in [0.15, 0.2) is 0 Å². The zero-order valence-corrected chi connectivity index (χ0v) is 7.13. The Kier molecular flexibility index (Phi) is 5.25. The van der Waals surface area contributed by atoms with Crippen molar-refractivity contribution in [2.24, 2.45) is 0 Å². The van der Waals surface area contributed by atoms with Crippen molar-refractivity contribution >= 4 is 35.4 Å². The molecule has 0 bridgehead atoms. The van der Waals surface area contributed by atoms with E-state index in [1.54, 1.807) is 6.92 Å². The zero-order valence-electron chi connectivity index (χ0n) is 4.73. The minimum absolute atomic E-state index is 0.322. The molecule has 6 heteroatoms. The van der Waals surface area contributed by atoms with Gasteiger partial charge < -0.3 is 4.74 Å². The van der Waals surface area contributed by atoms with Gasteiger partial charge in [0.15, 0.2) is 6.78 Å². The van der Waals surface area contributed by atoms with Crippen molar-refractivity contribution in [1.82, 2.24) is 5.09 Å². The molecule has 3 nitrogen and oxygen atoms in total. The maximum absolute atomic E-state index is 10.4. The van der Waals surface area contributed by atoms with Gasteiger partial charge in [-0.05, 0) is 6.92 Å². The summed E-state index contributed by atoms with van der Waals surface area (Å²) in [5.74, 6) is 0. The molecule has 0 radical (unpaired) electrons. The molecule has 9 heavy (non-hydrogen) atoms. The summed E-state index contributed by atoms with van der Waals surface area (Å²) in [4.78, 5) is 10.4. The van der Waals surface area contributed by atoms with Crippen LogP contribution < -0.4 is 5.09 Å². The normalized spacial score (nSPS) is 9.33. The second-order valence-corrected chi connectivity index (χ2v) is 4.30. The largest absolute Gasteiger partial charge is 0.450 e. The van der Waals surface area contributed by atoms with Crippen LogP contribution in [0.25, 0.3) is 0 Å². The van der Waals surface area contributed by atoms with E-state index in [1.165, 1.54) is 0 Å². The topological polar surface area (TPSA) is 38.3 Å². The number of nitrogens with one attached hydrogen (secondary N) is 1. The lowest BCUT2D eigenvalue weighted by atomic mass is 10.9. The molecule has 0 saturated carbocycles. The molecule has 0 aromatic heterocycles. The molecular weight excluding hydrogens is 184 g/mol. The highest BCUT2D eigenvalue weighted by Crippen LogP contribution is 2.41. The average Bonchev–Trinajstić information content (AvgIpc) is 1.63. The molecule has 1 N–H and O–H groups in total. The first-order valence-corrected chi connectivity index (χ1v) is 5.37. The first-order chi connectivity index (χ1) is 4.16. The second kappa shape index (κ2) is 5.10. The Morgan fingerprint density at radius 2 is 2.33 bits per heavy atom. The fourth-order valence-electron chi connectivity index (χ4n) is 0.232. The van der Waals surface area contributed by atoms with Crippen molar-refractivity contribution in [3.63, 3.8) is 0 Å². The van der Waals surface area contributed by atoms with Crippen molar-refractivity contribution in [3.05, 3.63) is 0 Å². The third kappa shape index (κ3) is 6.16. The molecule has 0 fully saturated rings. The fourth-order valence-corrected chi connectivity index (χ4v) is 0.849. The smallest absolute Gasteiger partial charge is 0.412 e. The number of carbonyl (C=O) groups excluding carboxylic acids is 1. The summed E-state index contributed by atoms with van der Waals surface area (Å²) in [6, 6.07) is 0. The van der Waals surface area contributed by atoms with Crippen LogP contribution in [-0.4, -0.2) is 12.7 Å². The molecule has 0 aliphatic rings. The Morgan fingerprint density at radius 3 is 2.67 bits per heavy atom.